The van der Waals surface area contributed by atoms with Crippen LogP contribution in [0, 0.1) is 0 Å². The molecule has 0 spiro atoms. The lowest BCUT2D eigenvalue weighted by molar-refractivity contribution is -0.159. The fourth-order valence-electron chi connectivity index (χ4n) is 0.669. The Labute approximate surface area is 81.6 Å². The molecule has 0 atom stereocenters. The van der Waals surface area contributed by atoms with E-state index in [-0.39, 0.29) is 13.2 Å². The molecule has 0 aliphatic carbocycles. The predicted molar refractivity (Wildman–Crippen MR) is 41.6 cm³/mol. The molecule has 0 amide bonds. The second kappa shape index (κ2) is 3.87. The number of carbonyl (C=O) groups is 1. The van der Waals surface area contributed by atoms with E-state index in [1.807, 2.05) is 0 Å². The van der Waals surface area contributed by atoms with Crippen molar-refractivity contribution in [3.63, 3.8) is 0 Å². The van der Waals surface area contributed by atoms with Crippen molar-refractivity contribution in [3.8, 4) is 0 Å². The number of methoxy groups -OCH3 is 1. The molecule has 4 heteroatoms. The zero-order valence-electron chi connectivity index (χ0n) is 13.5. The maximum absolute atomic E-state index is 11.4. The van der Waals surface area contributed by atoms with Crippen LogP contribution < -0.4 is 0 Å². The van der Waals surface area contributed by atoms with Crippen molar-refractivity contribution >= 4 is 5.97 Å². The molecule has 0 radical (unpaired) electrons. The van der Waals surface area contributed by atoms with E-state index in [1.54, 1.807) is 0 Å². The summed E-state index contributed by atoms with van der Waals surface area (Å²) in [5.41, 5.74) is 0. The molecular weight excluding hydrogens is 160 g/mol. The summed E-state index contributed by atoms with van der Waals surface area (Å²) in [6.07, 6.45) is -6.52. The van der Waals surface area contributed by atoms with Crippen molar-refractivity contribution in [3.05, 3.63) is 0 Å². The first-order valence-corrected chi connectivity index (χ1v) is 3.30. The molecule has 0 unspecified atom stereocenters. The van der Waals surface area contributed by atoms with E-state index in [2.05, 4.69) is 4.74 Å². The number of carbonyl (C=O) groups excluding carboxylic acids is 1. The third-order valence-electron chi connectivity index (χ3n) is 1.21. The van der Waals surface area contributed by atoms with E-state index >= 15 is 0 Å². The van der Waals surface area contributed by atoms with Gasteiger partial charge >= 0.3 is 5.97 Å². The minimum Gasteiger partial charge on any atom is -0.469 e. The van der Waals surface area contributed by atoms with Crippen LogP contribution >= 0.6 is 0 Å². The topological polar surface area (TPSA) is 44.8 Å². The fourth-order valence-corrected chi connectivity index (χ4v) is 0.669. The van der Waals surface area contributed by atoms with Crippen molar-refractivity contribution in [1.29, 1.82) is 0 Å². The first kappa shape index (κ1) is 3.64. The van der Waals surface area contributed by atoms with Crippen molar-refractivity contribution < 1.29 is 28.6 Å². The second-order valence-electron chi connectivity index (χ2n) is 2.06. The molecule has 1 aliphatic heterocycles. The van der Waals surface area contributed by atoms with Gasteiger partial charge in [-0.15, -0.1) is 0 Å². The molecule has 1 saturated heterocycles. The van der Waals surface area contributed by atoms with Gasteiger partial charge in [0.1, 0.15) is 0 Å². The Bertz CT molecular complexity index is 359. The van der Waals surface area contributed by atoms with E-state index in [1.165, 1.54) is 0 Å². The van der Waals surface area contributed by atoms with Gasteiger partial charge in [0, 0.05) is 16.0 Å². The molecule has 1 fully saturated rings. The van der Waals surface area contributed by atoms with E-state index < -0.39 is 31.4 Å². The zero-order valence-corrected chi connectivity index (χ0v) is 6.55. The molecule has 0 saturated carbocycles. The zero-order chi connectivity index (χ0) is 15.1. The van der Waals surface area contributed by atoms with Crippen LogP contribution in [0.1, 0.15) is 29.2 Å². The van der Waals surface area contributed by atoms with Crippen LogP contribution in [0.5, 0.6) is 0 Å². The lowest BCUT2D eigenvalue weighted by Crippen LogP contribution is -2.26. The van der Waals surface area contributed by atoms with E-state index in [0.29, 0.717) is 0 Å². The highest BCUT2D eigenvalue weighted by atomic mass is 16.7. The summed E-state index contributed by atoms with van der Waals surface area (Å²) >= 11 is 0. The van der Waals surface area contributed by atoms with Crippen molar-refractivity contribution in [2.45, 2.75) is 25.4 Å². The van der Waals surface area contributed by atoms with Crippen LogP contribution in [-0.4, -0.2) is 32.1 Å². The van der Waals surface area contributed by atoms with E-state index in [4.69, 9.17) is 19.1 Å². The third kappa shape index (κ3) is 2.46. The maximum atomic E-state index is 11.4. The quantitative estimate of drug-likeness (QED) is 0.601. The monoisotopic (exact) mass is 181 g/mol. The van der Waals surface area contributed by atoms with Gasteiger partial charge in [-0.05, 0) is 6.85 Å². The number of esters is 1. The van der Waals surface area contributed by atoms with Gasteiger partial charge in [-0.25, -0.2) is 0 Å². The van der Waals surface area contributed by atoms with Crippen LogP contribution in [0.15, 0.2) is 0 Å². The van der Waals surface area contributed by atoms with Crippen LogP contribution in [0.25, 0.3) is 0 Å². The van der Waals surface area contributed by atoms with Crippen molar-refractivity contribution in [2.75, 3.05) is 20.3 Å². The summed E-state index contributed by atoms with van der Waals surface area (Å²) in [7, 11) is 0.870. The molecule has 4 nitrogen and oxygen atoms in total. The lowest BCUT2D eigenvalue weighted by atomic mass is 10.2. The van der Waals surface area contributed by atoms with Crippen molar-refractivity contribution in [1.82, 2.24) is 0 Å². The number of hydrogen-bond donors (Lipinski definition) is 0. The Morgan fingerprint density at radius 1 is 1.75 bits per heavy atom. The average molecular weight is 181 g/mol. The summed E-state index contributed by atoms with van der Waals surface area (Å²) in [6, 6.07) is 0. The molecule has 1 heterocycles. The molecule has 1 aliphatic rings. The molecule has 1 rings (SSSR count). The summed E-state index contributed by atoms with van der Waals surface area (Å²) in [5.74, 6) is -4.39. The number of hydrogen-bond acceptors (Lipinski definition) is 4. The highest BCUT2D eigenvalue weighted by Crippen LogP contribution is 2.23. The standard InChI is InChI=1S/C8H14O4/c1-8(11-5-6-12-8)4-3-7(9)10-2/h3-6H2,1-2H3/i1D3,3D2,4D2. The van der Waals surface area contributed by atoms with Gasteiger partial charge in [-0.2, -0.15) is 0 Å². The van der Waals surface area contributed by atoms with E-state index in [9.17, 15) is 4.79 Å². The minimum absolute atomic E-state index is 0.213. The van der Waals surface area contributed by atoms with Crippen LogP contribution in [0.3, 0.4) is 0 Å². The molecule has 0 aromatic carbocycles. The molecule has 0 N–H and O–H groups in total. The normalized spacial score (nSPS) is 32.9. The van der Waals surface area contributed by atoms with Crippen LogP contribution in [0.4, 0.5) is 0 Å². The Balaban J connectivity index is 3.33. The molecule has 0 aromatic rings. The molecule has 70 valence electrons. The number of ether oxygens (including phenoxy) is 3. The van der Waals surface area contributed by atoms with Gasteiger partial charge < -0.3 is 14.2 Å². The first-order valence-electron chi connectivity index (χ1n) is 6.80. The van der Waals surface area contributed by atoms with Crippen LogP contribution in [-0.2, 0) is 19.0 Å². The predicted octanol–water partition coefficient (Wildman–Crippen LogP) is 0.703. The number of rotatable bonds is 3. The highest BCUT2D eigenvalue weighted by molar-refractivity contribution is 5.69. The third-order valence-corrected chi connectivity index (χ3v) is 1.21. The van der Waals surface area contributed by atoms with Gasteiger partial charge in [0.05, 0.1) is 26.7 Å². The SMILES string of the molecule is [2H]C([2H])([2H])C1(C([2H])([2H])C([2H])([2H])C(=O)OC)OCCO1. The first-order chi connectivity index (χ1) is 8.44. The van der Waals surface area contributed by atoms with Gasteiger partial charge in [0.25, 0.3) is 0 Å². The Morgan fingerprint density at radius 3 is 2.92 bits per heavy atom. The Morgan fingerprint density at radius 2 is 2.42 bits per heavy atom. The van der Waals surface area contributed by atoms with E-state index in [0.717, 1.165) is 7.11 Å². The summed E-state index contributed by atoms with van der Waals surface area (Å²) in [4.78, 5) is 11.4. The summed E-state index contributed by atoms with van der Waals surface area (Å²) < 4.78 is 66.4. The molecule has 0 bridgehead atoms. The van der Waals surface area contributed by atoms with Gasteiger partial charge in [-0.3, -0.25) is 4.79 Å². The Hall–Kier alpha value is -0.610. The highest BCUT2D eigenvalue weighted by Gasteiger charge is 2.31. The average Bonchev–Trinajstić information content (AvgIpc) is 2.77. The summed E-state index contributed by atoms with van der Waals surface area (Å²) in [5, 5.41) is 0. The lowest BCUT2D eigenvalue weighted by Gasteiger charge is -2.21. The smallest absolute Gasteiger partial charge is 0.305 e. The molecule has 0 aromatic heterocycles. The molecule has 12 heavy (non-hydrogen) atoms. The molecular formula is C8H14O4. The Kier molecular flexibility index (Phi) is 1.17. The maximum Gasteiger partial charge on any atom is 0.305 e. The second-order valence-corrected chi connectivity index (χ2v) is 2.06. The minimum atomic E-state index is -3.27. The van der Waals surface area contributed by atoms with Crippen molar-refractivity contribution in [2.24, 2.45) is 0 Å². The van der Waals surface area contributed by atoms with Gasteiger partial charge in [-0.1, -0.05) is 0 Å². The fraction of sp³-hybridized carbons (Fsp3) is 0.875. The largest absolute Gasteiger partial charge is 0.469 e. The van der Waals surface area contributed by atoms with Crippen LogP contribution in [0.2, 0.25) is 0 Å². The summed E-state index contributed by atoms with van der Waals surface area (Å²) in [6.45, 7) is -3.54. The van der Waals surface area contributed by atoms with Gasteiger partial charge in [0.15, 0.2) is 5.79 Å². The van der Waals surface area contributed by atoms with Gasteiger partial charge in [0.2, 0.25) is 0 Å².